The van der Waals surface area contributed by atoms with Gasteiger partial charge in [0.15, 0.2) is 0 Å². The topological polar surface area (TPSA) is 45.0 Å². The number of rotatable bonds is 3. The number of nitrogens with one attached hydrogen (secondary N) is 1. The summed E-state index contributed by atoms with van der Waals surface area (Å²) >= 11 is 0. The second-order valence-electron chi connectivity index (χ2n) is 5.19. The van der Waals surface area contributed by atoms with Crippen LogP contribution in [0.15, 0.2) is 18.2 Å². The van der Waals surface area contributed by atoms with E-state index < -0.39 is 5.54 Å². The maximum absolute atomic E-state index is 13.4. The van der Waals surface area contributed by atoms with Crippen LogP contribution in [-0.4, -0.2) is 18.2 Å². The Hall–Kier alpha value is -1.60. The molecule has 2 rings (SSSR count). The van der Waals surface area contributed by atoms with E-state index in [1.807, 2.05) is 19.9 Å². The molecule has 2 unspecified atom stereocenters. The van der Waals surface area contributed by atoms with Crippen LogP contribution in [0.2, 0.25) is 0 Å². The molecule has 0 aliphatic carbocycles. The second-order valence-corrected chi connectivity index (χ2v) is 5.19. The molecule has 102 valence electrons. The number of hydrogen-bond donors (Lipinski definition) is 1. The van der Waals surface area contributed by atoms with Gasteiger partial charge in [-0.15, -0.1) is 0 Å². The van der Waals surface area contributed by atoms with Crippen LogP contribution in [0.4, 0.5) is 10.1 Å². The molecule has 2 atom stereocenters. The fraction of sp³-hybridized carbons (Fsp3) is 0.533. The van der Waals surface area contributed by atoms with Crippen molar-refractivity contribution in [3.8, 4) is 6.07 Å². The third-order valence-electron chi connectivity index (χ3n) is 3.55. The summed E-state index contributed by atoms with van der Waals surface area (Å²) < 4.78 is 19.0. The Balaban J connectivity index is 2.20. The summed E-state index contributed by atoms with van der Waals surface area (Å²) in [4.78, 5) is 0. The molecule has 1 aliphatic rings. The van der Waals surface area contributed by atoms with Crippen LogP contribution in [0.1, 0.15) is 31.7 Å². The normalized spacial score (nSPS) is 26.7. The van der Waals surface area contributed by atoms with E-state index in [0.29, 0.717) is 25.1 Å². The highest BCUT2D eigenvalue weighted by Crippen LogP contribution is 2.30. The summed E-state index contributed by atoms with van der Waals surface area (Å²) in [5.74, 6) is -0.283. The highest BCUT2D eigenvalue weighted by atomic mass is 19.1. The van der Waals surface area contributed by atoms with Crippen molar-refractivity contribution in [3.05, 3.63) is 29.6 Å². The zero-order valence-electron chi connectivity index (χ0n) is 11.4. The Morgan fingerprint density at radius 2 is 2.32 bits per heavy atom. The number of nitriles is 1. The average Bonchev–Trinajstić information content (AvgIpc) is 2.37. The first-order valence-electron chi connectivity index (χ1n) is 6.65. The fourth-order valence-corrected chi connectivity index (χ4v) is 2.54. The lowest BCUT2D eigenvalue weighted by molar-refractivity contribution is -0.00304. The van der Waals surface area contributed by atoms with E-state index in [9.17, 15) is 9.65 Å². The molecule has 1 saturated heterocycles. The van der Waals surface area contributed by atoms with Gasteiger partial charge in [-0.1, -0.05) is 6.92 Å². The Morgan fingerprint density at radius 3 is 2.95 bits per heavy atom. The van der Waals surface area contributed by atoms with Gasteiger partial charge in [0.25, 0.3) is 0 Å². The van der Waals surface area contributed by atoms with Crippen molar-refractivity contribution in [2.75, 3.05) is 11.9 Å². The van der Waals surface area contributed by atoms with Crippen molar-refractivity contribution in [2.24, 2.45) is 0 Å². The number of anilines is 1. The third-order valence-corrected chi connectivity index (χ3v) is 3.55. The first kappa shape index (κ1) is 13.8. The Morgan fingerprint density at radius 1 is 1.53 bits per heavy atom. The molecular formula is C15H19FN2O. The first-order valence-corrected chi connectivity index (χ1v) is 6.65. The minimum atomic E-state index is -0.654. The van der Waals surface area contributed by atoms with E-state index in [2.05, 4.69) is 11.4 Å². The smallest absolute Gasteiger partial charge is 0.130 e. The molecule has 0 aromatic heterocycles. The van der Waals surface area contributed by atoms with Crippen molar-refractivity contribution >= 4 is 5.69 Å². The van der Waals surface area contributed by atoms with Crippen molar-refractivity contribution in [2.45, 2.75) is 44.8 Å². The van der Waals surface area contributed by atoms with Crippen molar-refractivity contribution in [1.29, 1.82) is 5.26 Å². The Kier molecular flexibility index (Phi) is 4.06. The van der Waals surface area contributed by atoms with Crippen LogP contribution in [0.3, 0.4) is 0 Å². The molecule has 0 bridgehead atoms. The average molecular weight is 262 g/mol. The molecular weight excluding hydrogens is 243 g/mol. The SMILES string of the molecule is CCC1CC(C#N)(Nc2cc(C)cc(F)c2)CCO1. The molecule has 1 N–H and O–H groups in total. The van der Waals surface area contributed by atoms with Gasteiger partial charge in [-0.05, 0) is 37.1 Å². The fourth-order valence-electron chi connectivity index (χ4n) is 2.54. The van der Waals surface area contributed by atoms with Crippen LogP contribution >= 0.6 is 0 Å². The van der Waals surface area contributed by atoms with E-state index >= 15 is 0 Å². The molecule has 1 fully saturated rings. The van der Waals surface area contributed by atoms with Gasteiger partial charge in [-0.2, -0.15) is 5.26 Å². The standard InChI is InChI=1S/C15H19FN2O/c1-3-14-9-15(10-17,4-5-19-14)18-13-7-11(2)6-12(16)8-13/h6-8,14,18H,3-5,9H2,1-2H3. The highest BCUT2D eigenvalue weighted by Gasteiger charge is 2.36. The maximum Gasteiger partial charge on any atom is 0.130 e. The number of ether oxygens (including phenoxy) is 1. The summed E-state index contributed by atoms with van der Waals surface area (Å²) in [7, 11) is 0. The number of nitrogens with zero attached hydrogens (tertiary/aromatic N) is 1. The molecule has 1 aromatic rings. The zero-order valence-corrected chi connectivity index (χ0v) is 11.4. The predicted molar refractivity (Wildman–Crippen MR) is 72.4 cm³/mol. The minimum Gasteiger partial charge on any atom is -0.378 e. The van der Waals surface area contributed by atoms with Gasteiger partial charge in [0.1, 0.15) is 11.4 Å². The number of halogens is 1. The van der Waals surface area contributed by atoms with Crippen molar-refractivity contribution < 1.29 is 9.13 Å². The van der Waals surface area contributed by atoms with Gasteiger partial charge >= 0.3 is 0 Å². The Bertz CT molecular complexity index is 477. The minimum absolute atomic E-state index is 0.0931. The van der Waals surface area contributed by atoms with Crippen LogP contribution < -0.4 is 5.32 Å². The summed E-state index contributed by atoms with van der Waals surface area (Å²) in [5, 5.41) is 12.7. The molecule has 0 saturated carbocycles. The van der Waals surface area contributed by atoms with Gasteiger partial charge in [0.05, 0.1) is 18.8 Å². The zero-order chi connectivity index (χ0) is 13.9. The van der Waals surface area contributed by atoms with E-state index in [1.54, 1.807) is 0 Å². The van der Waals surface area contributed by atoms with Crippen LogP contribution in [-0.2, 0) is 4.74 Å². The van der Waals surface area contributed by atoms with Gasteiger partial charge in [0, 0.05) is 18.5 Å². The third kappa shape index (κ3) is 3.24. The highest BCUT2D eigenvalue weighted by molar-refractivity contribution is 5.50. The van der Waals surface area contributed by atoms with Gasteiger partial charge in [-0.25, -0.2) is 4.39 Å². The van der Waals surface area contributed by atoms with Gasteiger partial charge < -0.3 is 10.1 Å². The molecule has 1 heterocycles. The lowest BCUT2D eigenvalue weighted by Crippen LogP contribution is -2.45. The van der Waals surface area contributed by atoms with E-state index in [-0.39, 0.29) is 11.9 Å². The Labute approximate surface area is 113 Å². The maximum atomic E-state index is 13.4. The number of aryl methyl sites for hydroxylation is 1. The molecule has 0 spiro atoms. The number of hydrogen-bond acceptors (Lipinski definition) is 3. The second kappa shape index (κ2) is 5.58. The molecule has 1 aliphatic heterocycles. The van der Waals surface area contributed by atoms with Crippen LogP contribution in [0, 0.1) is 24.1 Å². The lowest BCUT2D eigenvalue weighted by atomic mass is 9.87. The van der Waals surface area contributed by atoms with Crippen molar-refractivity contribution in [3.63, 3.8) is 0 Å². The van der Waals surface area contributed by atoms with Crippen molar-refractivity contribution in [1.82, 2.24) is 0 Å². The summed E-state index contributed by atoms with van der Waals surface area (Å²) in [6, 6.07) is 7.12. The monoisotopic (exact) mass is 262 g/mol. The van der Waals surface area contributed by atoms with Crippen LogP contribution in [0.25, 0.3) is 0 Å². The largest absolute Gasteiger partial charge is 0.378 e. The van der Waals surface area contributed by atoms with E-state index in [0.717, 1.165) is 12.0 Å². The number of benzene rings is 1. The molecule has 1 aromatic carbocycles. The molecule has 0 radical (unpaired) electrons. The quantitative estimate of drug-likeness (QED) is 0.908. The summed E-state index contributed by atoms with van der Waals surface area (Å²) in [5.41, 5.74) is 0.851. The molecule has 19 heavy (non-hydrogen) atoms. The van der Waals surface area contributed by atoms with Gasteiger partial charge in [-0.3, -0.25) is 0 Å². The molecule has 4 heteroatoms. The first-order chi connectivity index (χ1) is 9.07. The van der Waals surface area contributed by atoms with E-state index in [4.69, 9.17) is 4.74 Å². The molecule has 0 amide bonds. The van der Waals surface area contributed by atoms with Crippen LogP contribution in [0.5, 0.6) is 0 Å². The lowest BCUT2D eigenvalue weighted by Gasteiger charge is -2.37. The van der Waals surface area contributed by atoms with Gasteiger partial charge in [0.2, 0.25) is 0 Å². The van der Waals surface area contributed by atoms with E-state index in [1.165, 1.54) is 12.1 Å². The summed E-state index contributed by atoms with van der Waals surface area (Å²) in [6.45, 7) is 4.45. The molecule has 3 nitrogen and oxygen atoms in total. The summed E-state index contributed by atoms with van der Waals surface area (Å²) in [6.07, 6.45) is 2.23. The predicted octanol–water partition coefficient (Wildman–Crippen LogP) is 3.40.